The zero-order valence-corrected chi connectivity index (χ0v) is 13.6. The Kier molecular flexibility index (Phi) is 4.65. The molecule has 0 aliphatic carbocycles. The van der Waals surface area contributed by atoms with Crippen molar-refractivity contribution in [2.24, 2.45) is 7.05 Å². The molecule has 1 aliphatic rings. The Bertz CT molecular complexity index is 683. The Morgan fingerprint density at radius 3 is 3.04 bits per heavy atom. The van der Waals surface area contributed by atoms with E-state index in [1.807, 2.05) is 13.2 Å². The summed E-state index contributed by atoms with van der Waals surface area (Å²) in [6.07, 6.45) is 5.22. The molecule has 1 aliphatic heterocycles. The van der Waals surface area contributed by atoms with Crippen molar-refractivity contribution in [2.75, 3.05) is 18.4 Å². The number of thiazole rings is 1. The van der Waals surface area contributed by atoms with Gasteiger partial charge in [-0.1, -0.05) is 5.21 Å². The van der Waals surface area contributed by atoms with Gasteiger partial charge >= 0.3 is 0 Å². The summed E-state index contributed by atoms with van der Waals surface area (Å²) in [5, 5.41) is 13.0. The lowest BCUT2D eigenvalue weighted by atomic mass is 9.95. The summed E-state index contributed by atoms with van der Waals surface area (Å²) in [5.41, 5.74) is 0.900. The smallest absolute Gasteiger partial charge is 0.235 e. The minimum absolute atomic E-state index is 0.160. The Labute approximate surface area is 137 Å². The fourth-order valence-corrected chi connectivity index (χ4v) is 3.24. The van der Waals surface area contributed by atoms with Crippen LogP contribution in [-0.4, -0.2) is 49.8 Å². The van der Waals surface area contributed by atoms with Crippen molar-refractivity contribution in [2.45, 2.75) is 25.2 Å². The molecule has 9 heteroatoms. The lowest BCUT2D eigenvalue weighted by Crippen LogP contribution is -2.40. The molecule has 0 radical (unpaired) electrons. The van der Waals surface area contributed by atoms with Gasteiger partial charge in [0, 0.05) is 43.8 Å². The lowest BCUT2D eigenvalue weighted by molar-refractivity contribution is -0.135. The summed E-state index contributed by atoms with van der Waals surface area (Å²) >= 11 is 1.33. The summed E-state index contributed by atoms with van der Waals surface area (Å²) in [5.74, 6) is -0.303. The number of aromatic nitrogens is 4. The van der Waals surface area contributed by atoms with E-state index in [0.717, 1.165) is 18.5 Å². The van der Waals surface area contributed by atoms with Crippen LogP contribution in [0.15, 0.2) is 17.8 Å². The fraction of sp³-hybridized carbons (Fsp3) is 0.500. The third-order valence-corrected chi connectivity index (χ3v) is 4.49. The van der Waals surface area contributed by atoms with Crippen LogP contribution >= 0.6 is 11.3 Å². The van der Waals surface area contributed by atoms with E-state index in [1.165, 1.54) is 11.3 Å². The number of aryl methyl sites for hydroxylation is 1. The molecular formula is C14H18N6O2S. The Hall–Kier alpha value is -2.29. The maximum Gasteiger partial charge on any atom is 0.235 e. The average molecular weight is 334 g/mol. The van der Waals surface area contributed by atoms with Crippen LogP contribution in [0.5, 0.6) is 0 Å². The van der Waals surface area contributed by atoms with Gasteiger partial charge in [0.05, 0.1) is 5.69 Å². The second-order valence-corrected chi connectivity index (χ2v) is 6.45. The predicted octanol–water partition coefficient (Wildman–Crippen LogP) is 1.01. The molecule has 0 saturated carbocycles. The lowest BCUT2D eigenvalue weighted by Gasteiger charge is -2.31. The van der Waals surface area contributed by atoms with Crippen molar-refractivity contribution in [1.29, 1.82) is 0 Å². The molecule has 3 rings (SSSR count). The Balaban J connectivity index is 1.55. The van der Waals surface area contributed by atoms with Crippen molar-refractivity contribution in [3.8, 4) is 0 Å². The highest BCUT2D eigenvalue weighted by atomic mass is 32.1. The number of hydrogen-bond donors (Lipinski definition) is 1. The second kappa shape index (κ2) is 6.86. The molecule has 0 aromatic carbocycles. The molecule has 122 valence electrons. The number of carbonyl (C=O) groups is 2. The summed E-state index contributed by atoms with van der Waals surface area (Å²) < 4.78 is 1.66. The number of carbonyl (C=O) groups excluding carboxylic acids is 2. The van der Waals surface area contributed by atoms with Crippen molar-refractivity contribution in [3.05, 3.63) is 23.5 Å². The van der Waals surface area contributed by atoms with Gasteiger partial charge in [0.15, 0.2) is 5.13 Å². The van der Waals surface area contributed by atoms with Gasteiger partial charge in [-0.3, -0.25) is 14.3 Å². The first-order valence-electron chi connectivity index (χ1n) is 7.45. The molecule has 0 bridgehead atoms. The quantitative estimate of drug-likeness (QED) is 0.842. The number of hydrogen-bond acceptors (Lipinski definition) is 6. The van der Waals surface area contributed by atoms with Crippen molar-refractivity contribution >= 4 is 28.3 Å². The number of piperidine rings is 1. The molecule has 3 heterocycles. The molecule has 2 amide bonds. The third kappa shape index (κ3) is 3.92. The van der Waals surface area contributed by atoms with E-state index in [-0.39, 0.29) is 24.2 Å². The standard InChI is InChI=1S/C14H18N6O2S/c1-19-9-11(17-18-19)10-3-2-5-20(8-10)13(22)7-12(21)16-14-15-4-6-23-14/h4,6,9-10H,2-3,5,7-8H2,1H3,(H,15,16,21). The van der Waals surface area contributed by atoms with Crippen LogP contribution in [0.1, 0.15) is 30.9 Å². The van der Waals surface area contributed by atoms with Gasteiger partial charge in [0.2, 0.25) is 11.8 Å². The topological polar surface area (TPSA) is 93.0 Å². The SMILES string of the molecule is Cn1cc(C2CCCN(C(=O)CC(=O)Nc3nccs3)C2)nn1. The Morgan fingerprint density at radius 2 is 2.35 bits per heavy atom. The van der Waals surface area contributed by atoms with Gasteiger partial charge in [0.25, 0.3) is 0 Å². The van der Waals surface area contributed by atoms with Gasteiger partial charge < -0.3 is 10.2 Å². The van der Waals surface area contributed by atoms with E-state index in [1.54, 1.807) is 21.2 Å². The van der Waals surface area contributed by atoms with Crippen LogP contribution < -0.4 is 5.32 Å². The monoisotopic (exact) mass is 334 g/mol. The number of rotatable bonds is 4. The molecule has 1 saturated heterocycles. The average Bonchev–Trinajstić information content (AvgIpc) is 3.19. The fourth-order valence-electron chi connectivity index (χ4n) is 2.70. The Morgan fingerprint density at radius 1 is 1.48 bits per heavy atom. The molecule has 2 aromatic rings. The molecular weight excluding hydrogens is 316 g/mol. The van der Waals surface area contributed by atoms with E-state index in [4.69, 9.17) is 0 Å². The van der Waals surface area contributed by atoms with Crippen LogP contribution in [-0.2, 0) is 16.6 Å². The molecule has 1 fully saturated rings. The minimum atomic E-state index is -0.327. The highest BCUT2D eigenvalue weighted by Gasteiger charge is 2.27. The highest BCUT2D eigenvalue weighted by Crippen LogP contribution is 2.25. The summed E-state index contributed by atoms with van der Waals surface area (Å²) in [4.78, 5) is 29.9. The van der Waals surface area contributed by atoms with E-state index >= 15 is 0 Å². The highest BCUT2D eigenvalue weighted by molar-refractivity contribution is 7.13. The van der Waals surface area contributed by atoms with Crippen LogP contribution in [0.2, 0.25) is 0 Å². The number of amides is 2. The molecule has 1 N–H and O–H groups in total. The van der Waals surface area contributed by atoms with Gasteiger partial charge in [-0.2, -0.15) is 0 Å². The van der Waals surface area contributed by atoms with Crippen LogP contribution in [0.3, 0.4) is 0 Å². The maximum absolute atomic E-state index is 12.3. The first-order valence-corrected chi connectivity index (χ1v) is 8.33. The van der Waals surface area contributed by atoms with Crippen molar-refractivity contribution in [3.63, 3.8) is 0 Å². The number of anilines is 1. The number of nitrogens with one attached hydrogen (secondary N) is 1. The number of nitrogens with zero attached hydrogens (tertiary/aromatic N) is 5. The largest absolute Gasteiger partial charge is 0.342 e. The van der Waals surface area contributed by atoms with Gasteiger partial charge in [0.1, 0.15) is 6.42 Å². The molecule has 23 heavy (non-hydrogen) atoms. The van der Waals surface area contributed by atoms with Crippen LogP contribution in [0, 0.1) is 0 Å². The minimum Gasteiger partial charge on any atom is -0.342 e. The van der Waals surface area contributed by atoms with Crippen molar-refractivity contribution < 1.29 is 9.59 Å². The zero-order chi connectivity index (χ0) is 16.2. The maximum atomic E-state index is 12.3. The van der Waals surface area contributed by atoms with E-state index in [9.17, 15) is 9.59 Å². The van der Waals surface area contributed by atoms with Crippen molar-refractivity contribution in [1.82, 2.24) is 24.9 Å². The molecule has 0 spiro atoms. The summed E-state index contributed by atoms with van der Waals surface area (Å²) in [6, 6.07) is 0. The van der Waals surface area contributed by atoms with Crippen LogP contribution in [0.25, 0.3) is 0 Å². The molecule has 2 aromatic heterocycles. The first-order chi connectivity index (χ1) is 11.1. The number of likely N-dealkylation sites (tertiary alicyclic amines) is 1. The second-order valence-electron chi connectivity index (χ2n) is 5.56. The molecule has 8 nitrogen and oxygen atoms in total. The van der Waals surface area contributed by atoms with E-state index in [0.29, 0.717) is 18.2 Å². The third-order valence-electron chi connectivity index (χ3n) is 3.80. The first kappa shape index (κ1) is 15.6. The van der Waals surface area contributed by atoms with E-state index < -0.39 is 0 Å². The van der Waals surface area contributed by atoms with Crippen LogP contribution in [0.4, 0.5) is 5.13 Å². The van der Waals surface area contributed by atoms with Gasteiger partial charge in [-0.05, 0) is 12.8 Å². The normalized spacial score (nSPS) is 18.0. The summed E-state index contributed by atoms with van der Waals surface area (Å²) in [6.45, 7) is 1.27. The van der Waals surface area contributed by atoms with Gasteiger partial charge in [-0.15, -0.1) is 16.4 Å². The summed E-state index contributed by atoms with van der Waals surface area (Å²) in [7, 11) is 1.82. The molecule has 1 atom stereocenters. The predicted molar refractivity (Wildman–Crippen MR) is 84.9 cm³/mol. The van der Waals surface area contributed by atoms with Gasteiger partial charge in [-0.25, -0.2) is 4.98 Å². The zero-order valence-electron chi connectivity index (χ0n) is 12.8. The van der Waals surface area contributed by atoms with E-state index in [2.05, 4.69) is 20.6 Å². The molecule has 1 unspecified atom stereocenters.